The molecule has 1 aliphatic rings. The first-order valence-electron chi connectivity index (χ1n) is 6.14. The summed E-state index contributed by atoms with van der Waals surface area (Å²) in [5.41, 5.74) is 1.64. The average molecular weight is 290 g/mol. The van der Waals surface area contributed by atoms with E-state index in [2.05, 4.69) is 5.32 Å². The van der Waals surface area contributed by atoms with E-state index in [0.717, 1.165) is 11.1 Å². The monoisotopic (exact) mass is 290 g/mol. The molecular formula is C13H14F4N2O. The first kappa shape index (κ1) is 14.8. The van der Waals surface area contributed by atoms with Crippen LogP contribution in [0.2, 0.25) is 0 Å². The molecule has 20 heavy (non-hydrogen) atoms. The maximum absolute atomic E-state index is 12.8. The van der Waals surface area contributed by atoms with E-state index in [0.29, 0.717) is 13.1 Å². The maximum Gasteiger partial charge on any atom is 0.324 e. The third kappa shape index (κ3) is 3.09. The summed E-state index contributed by atoms with van der Waals surface area (Å²) in [5.74, 6) is -5.53. The number of halogens is 4. The van der Waals surface area contributed by atoms with Crippen molar-refractivity contribution in [1.29, 1.82) is 0 Å². The number of hydrogen-bond acceptors (Lipinski definition) is 2. The number of carbonyl (C=O) groups is 1. The van der Waals surface area contributed by atoms with Crippen LogP contribution in [0.25, 0.3) is 0 Å². The smallest absolute Gasteiger partial charge is 0.324 e. The lowest BCUT2D eigenvalue weighted by Crippen LogP contribution is -2.45. The molecule has 7 heteroatoms. The van der Waals surface area contributed by atoms with Crippen LogP contribution in [0, 0.1) is 0 Å². The van der Waals surface area contributed by atoms with Crippen LogP contribution < -0.4 is 10.6 Å². The Bertz CT molecular complexity index is 493. The topological polar surface area (TPSA) is 41.1 Å². The van der Waals surface area contributed by atoms with Gasteiger partial charge in [-0.2, -0.15) is 8.78 Å². The van der Waals surface area contributed by atoms with Crippen LogP contribution in [0.4, 0.5) is 17.6 Å². The molecule has 0 saturated carbocycles. The summed E-state index contributed by atoms with van der Waals surface area (Å²) < 4.78 is 49.6. The van der Waals surface area contributed by atoms with Crippen LogP contribution in [-0.2, 0) is 11.3 Å². The second-order valence-electron chi connectivity index (χ2n) is 4.66. The van der Waals surface area contributed by atoms with Gasteiger partial charge in [0.2, 0.25) is 5.91 Å². The maximum atomic E-state index is 12.8. The van der Waals surface area contributed by atoms with Crippen LogP contribution >= 0.6 is 0 Å². The van der Waals surface area contributed by atoms with Gasteiger partial charge in [0.1, 0.15) is 0 Å². The Morgan fingerprint density at radius 2 is 2.10 bits per heavy atom. The molecule has 0 spiro atoms. The number of carbonyl (C=O) groups excluding carboxylic acids is 1. The standard InChI is InChI=1S/C13H14F4N2O/c14-12(15)13(16,17)7-19-11(20)10-6-18-5-8-3-1-2-4-9(8)10/h1-4,10,12,18H,5-7H2,(H,19,20). The number of benzene rings is 1. The summed E-state index contributed by atoms with van der Waals surface area (Å²) in [6.45, 7) is -0.474. The lowest BCUT2D eigenvalue weighted by Gasteiger charge is -2.26. The van der Waals surface area contributed by atoms with E-state index < -0.39 is 30.7 Å². The Kier molecular flexibility index (Phi) is 4.27. The van der Waals surface area contributed by atoms with Gasteiger partial charge in [0, 0.05) is 13.1 Å². The molecule has 0 saturated heterocycles. The summed E-state index contributed by atoms with van der Waals surface area (Å²) in [7, 11) is 0. The van der Waals surface area contributed by atoms with Crippen LogP contribution in [-0.4, -0.2) is 31.3 Å². The van der Waals surface area contributed by atoms with Crippen molar-refractivity contribution in [2.45, 2.75) is 24.8 Å². The van der Waals surface area contributed by atoms with Crippen molar-refractivity contribution in [2.24, 2.45) is 0 Å². The number of hydrogen-bond donors (Lipinski definition) is 2. The predicted octanol–water partition coefficient (Wildman–Crippen LogP) is 1.89. The van der Waals surface area contributed by atoms with Crippen LogP contribution in [0.3, 0.4) is 0 Å². The van der Waals surface area contributed by atoms with E-state index in [1.54, 1.807) is 12.1 Å². The molecule has 1 heterocycles. The quantitative estimate of drug-likeness (QED) is 0.832. The molecule has 0 bridgehead atoms. The lowest BCUT2D eigenvalue weighted by atomic mass is 9.90. The fraction of sp³-hybridized carbons (Fsp3) is 0.462. The highest BCUT2D eigenvalue weighted by atomic mass is 19.3. The first-order valence-corrected chi connectivity index (χ1v) is 6.14. The molecule has 1 amide bonds. The Labute approximate surface area is 113 Å². The van der Waals surface area contributed by atoms with Crippen molar-refractivity contribution in [2.75, 3.05) is 13.1 Å². The molecular weight excluding hydrogens is 276 g/mol. The number of rotatable bonds is 4. The van der Waals surface area contributed by atoms with Crippen molar-refractivity contribution in [1.82, 2.24) is 10.6 Å². The van der Waals surface area contributed by atoms with Gasteiger partial charge in [-0.15, -0.1) is 0 Å². The van der Waals surface area contributed by atoms with Gasteiger partial charge in [-0.3, -0.25) is 4.79 Å². The Morgan fingerprint density at radius 3 is 2.80 bits per heavy atom. The van der Waals surface area contributed by atoms with Gasteiger partial charge in [0.25, 0.3) is 0 Å². The molecule has 1 atom stereocenters. The predicted molar refractivity (Wildman–Crippen MR) is 64.9 cm³/mol. The van der Waals surface area contributed by atoms with Gasteiger partial charge in [-0.1, -0.05) is 24.3 Å². The molecule has 0 radical (unpaired) electrons. The molecule has 0 aliphatic carbocycles. The van der Waals surface area contributed by atoms with E-state index in [1.165, 1.54) is 0 Å². The van der Waals surface area contributed by atoms with Crippen molar-refractivity contribution < 1.29 is 22.4 Å². The van der Waals surface area contributed by atoms with Crippen LogP contribution in [0.15, 0.2) is 24.3 Å². The van der Waals surface area contributed by atoms with Gasteiger partial charge in [-0.25, -0.2) is 8.78 Å². The molecule has 1 aliphatic heterocycles. The van der Waals surface area contributed by atoms with Gasteiger partial charge in [-0.05, 0) is 11.1 Å². The Hall–Kier alpha value is -1.63. The summed E-state index contributed by atoms with van der Waals surface area (Å²) in [5, 5.41) is 4.90. The van der Waals surface area contributed by atoms with Crippen molar-refractivity contribution in [3.8, 4) is 0 Å². The third-order valence-electron chi connectivity index (χ3n) is 3.23. The normalized spacial score (nSPS) is 18.8. The minimum Gasteiger partial charge on any atom is -0.349 e. The summed E-state index contributed by atoms with van der Waals surface area (Å²) >= 11 is 0. The molecule has 0 fully saturated rings. The highest BCUT2D eigenvalue weighted by Crippen LogP contribution is 2.25. The zero-order valence-electron chi connectivity index (χ0n) is 10.5. The number of alkyl halides is 4. The van der Waals surface area contributed by atoms with E-state index >= 15 is 0 Å². The fourth-order valence-corrected chi connectivity index (χ4v) is 2.14. The molecule has 0 aromatic heterocycles. The molecule has 110 valence electrons. The molecule has 2 rings (SSSR count). The van der Waals surface area contributed by atoms with Crippen LogP contribution in [0.1, 0.15) is 17.0 Å². The second kappa shape index (κ2) is 5.78. The SMILES string of the molecule is O=C(NCC(F)(F)C(F)F)C1CNCc2ccccc21. The van der Waals surface area contributed by atoms with Crippen LogP contribution in [0.5, 0.6) is 0 Å². The van der Waals surface area contributed by atoms with Gasteiger partial charge < -0.3 is 10.6 Å². The molecule has 2 N–H and O–H groups in total. The van der Waals surface area contributed by atoms with E-state index in [4.69, 9.17) is 0 Å². The highest BCUT2D eigenvalue weighted by Gasteiger charge is 2.41. The largest absolute Gasteiger partial charge is 0.349 e. The lowest BCUT2D eigenvalue weighted by molar-refractivity contribution is -0.137. The zero-order chi connectivity index (χ0) is 14.8. The van der Waals surface area contributed by atoms with E-state index in [9.17, 15) is 22.4 Å². The molecule has 1 unspecified atom stereocenters. The highest BCUT2D eigenvalue weighted by molar-refractivity contribution is 5.84. The second-order valence-corrected chi connectivity index (χ2v) is 4.66. The average Bonchev–Trinajstić information content (AvgIpc) is 2.44. The summed E-state index contributed by atoms with van der Waals surface area (Å²) in [6, 6.07) is 7.13. The summed E-state index contributed by atoms with van der Waals surface area (Å²) in [6.07, 6.45) is -3.79. The molecule has 1 aromatic carbocycles. The van der Waals surface area contributed by atoms with Gasteiger partial charge >= 0.3 is 12.3 Å². The number of fused-ring (bicyclic) bond motifs is 1. The van der Waals surface area contributed by atoms with Gasteiger partial charge in [0.15, 0.2) is 0 Å². The first-order chi connectivity index (χ1) is 9.42. The Morgan fingerprint density at radius 1 is 1.40 bits per heavy atom. The van der Waals surface area contributed by atoms with Crippen molar-refractivity contribution in [3.05, 3.63) is 35.4 Å². The summed E-state index contributed by atoms with van der Waals surface area (Å²) in [4.78, 5) is 11.9. The van der Waals surface area contributed by atoms with Gasteiger partial charge in [0.05, 0.1) is 12.5 Å². The third-order valence-corrected chi connectivity index (χ3v) is 3.23. The Balaban J connectivity index is 2.04. The van der Waals surface area contributed by atoms with Crippen molar-refractivity contribution in [3.63, 3.8) is 0 Å². The van der Waals surface area contributed by atoms with E-state index in [1.807, 2.05) is 17.4 Å². The van der Waals surface area contributed by atoms with E-state index in [-0.39, 0.29) is 0 Å². The number of nitrogens with one attached hydrogen (secondary N) is 2. The zero-order valence-corrected chi connectivity index (χ0v) is 10.5. The molecule has 1 aromatic rings. The number of amides is 1. The minimum absolute atomic E-state index is 0.295. The van der Waals surface area contributed by atoms with Crippen molar-refractivity contribution >= 4 is 5.91 Å². The minimum atomic E-state index is -4.21. The molecule has 3 nitrogen and oxygen atoms in total. The fourth-order valence-electron chi connectivity index (χ4n) is 2.14.